The lowest BCUT2D eigenvalue weighted by molar-refractivity contribution is 0.195. The van der Waals surface area contributed by atoms with Crippen molar-refractivity contribution in [3.8, 4) is 0 Å². The van der Waals surface area contributed by atoms with Gasteiger partial charge in [-0.05, 0) is 37.6 Å². The molecule has 1 aliphatic heterocycles. The van der Waals surface area contributed by atoms with Gasteiger partial charge in [-0.3, -0.25) is 14.7 Å². The summed E-state index contributed by atoms with van der Waals surface area (Å²) in [7, 11) is 0. The number of likely N-dealkylation sites (tertiary alicyclic amines) is 1. The van der Waals surface area contributed by atoms with E-state index in [1.807, 2.05) is 0 Å². The van der Waals surface area contributed by atoms with Crippen LogP contribution in [0.3, 0.4) is 0 Å². The zero-order chi connectivity index (χ0) is 17.6. The number of H-pyrrole nitrogens is 1. The third-order valence-electron chi connectivity index (χ3n) is 4.67. The van der Waals surface area contributed by atoms with Crippen molar-refractivity contribution >= 4 is 5.71 Å². The van der Waals surface area contributed by atoms with Gasteiger partial charge in [-0.2, -0.15) is 0 Å². The lowest BCUT2D eigenvalue weighted by Gasteiger charge is -2.31. The summed E-state index contributed by atoms with van der Waals surface area (Å²) < 4.78 is 13.8. The van der Waals surface area contributed by atoms with Crippen LogP contribution in [-0.2, 0) is 13.0 Å². The molecule has 132 valence electrons. The number of oxime groups is 1. The van der Waals surface area contributed by atoms with Crippen molar-refractivity contribution in [3.63, 3.8) is 0 Å². The number of rotatable bonds is 5. The fourth-order valence-electron chi connectivity index (χ4n) is 3.23. The molecule has 0 saturated carbocycles. The molecule has 2 heterocycles. The molecule has 0 bridgehead atoms. The normalized spacial score (nSPS) is 16.9. The monoisotopic (exact) mass is 344 g/mol. The second-order valence-corrected chi connectivity index (χ2v) is 6.27. The third-order valence-corrected chi connectivity index (χ3v) is 4.67. The number of aromatic amines is 1. The molecule has 3 rings (SSSR count). The maximum Gasteiger partial charge on any atom is 0.270 e. The van der Waals surface area contributed by atoms with Gasteiger partial charge in [-0.1, -0.05) is 23.4 Å². The molecular weight excluding hydrogens is 323 g/mol. The van der Waals surface area contributed by atoms with Crippen LogP contribution in [0, 0.1) is 11.7 Å². The first-order chi connectivity index (χ1) is 12.2. The molecule has 2 N–H and O–H groups in total. The van der Waals surface area contributed by atoms with Crippen molar-refractivity contribution in [2.24, 2.45) is 11.1 Å². The molecule has 1 saturated heterocycles. The first kappa shape index (κ1) is 17.3. The summed E-state index contributed by atoms with van der Waals surface area (Å²) >= 11 is 0. The van der Waals surface area contributed by atoms with Gasteiger partial charge in [0.15, 0.2) is 0 Å². The molecule has 1 aromatic heterocycles. The number of nitrogens with zero attached hydrogens (tertiary/aromatic N) is 3. The number of piperidine rings is 1. The topological polar surface area (TPSA) is 81.6 Å². The molecule has 0 radical (unpaired) electrons. The van der Waals surface area contributed by atoms with E-state index in [9.17, 15) is 14.4 Å². The van der Waals surface area contributed by atoms with E-state index in [0.717, 1.165) is 25.9 Å². The smallest absolute Gasteiger partial charge is 0.270 e. The van der Waals surface area contributed by atoms with Crippen LogP contribution in [0.5, 0.6) is 0 Å². The van der Waals surface area contributed by atoms with Crippen molar-refractivity contribution in [2.45, 2.75) is 25.8 Å². The average Bonchev–Trinajstić information content (AvgIpc) is 2.64. The lowest BCUT2D eigenvalue weighted by Crippen LogP contribution is -2.38. The second kappa shape index (κ2) is 8.02. The molecule has 1 aromatic carbocycles. The van der Waals surface area contributed by atoms with Crippen LogP contribution < -0.4 is 5.56 Å². The maximum absolute atomic E-state index is 13.8. The number of halogens is 1. The first-order valence-electron chi connectivity index (χ1n) is 8.36. The van der Waals surface area contributed by atoms with E-state index in [1.165, 1.54) is 12.3 Å². The number of hydrogen-bond acceptors (Lipinski definition) is 5. The van der Waals surface area contributed by atoms with Crippen LogP contribution in [-0.4, -0.2) is 38.9 Å². The minimum atomic E-state index is -0.282. The van der Waals surface area contributed by atoms with Gasteiger partial charge in [-0.15, -0.1) is 0 Å². The summed E-state index contributed by atoms with van der Waals surface area (Å²) in [6.45, 7) is 2.05. The van der Waals surface area contributed by atoms with E-state index < -0.39 is 0 Å². The Morgan fingerprint density at radius 3 is 2.80 bits per heavy atom. The predicted octanol–water partition coefficient (Wildman–Crippen LogP) is 2.19. The molecule has 0 aliphatic carbocycles. The van der Waals surface area contributed by atoms with Crippen LogP contribution in [0.1, 0.15) is 24.1 Å². The Kier molecular flexibility index (Phi) is 5.55. The minimum absolute atomic E-state index is 0.114. The zero-order valence-corrected chi connectivity index (χ0v) is 13.9. The highest BCUT2D eigenvalue weighted by atomic mass is 19.1. The largest absolute Gasteiger partial charge is 0.411 e. The molecule has 0 unspecified atom stereocenters. The molecule has 0 atom stereocenters. The Hall–Kier alpha value is -2.54. The van der Waals surface area contributed by atoms with Crippen LogP contribution in [0.15, 0.2) is 46.6 Å². The molecule has 7 heteroatoms. The Morgan fingerprint density at radius 1 is 1.36 bits per heavy atom. The third kappa shape index (κ3) is 4.30. The van der Waals surface area contributed by atoms with Crippen LogP contribution in [0.4, 0.5) is 4.39 Å². The van der Waals surface area contributed by atoms with Crippen molar-refractivity contribution in [3.05, 3.63) is 64.1 Å². The van der Waals surface area contributed by atoms with Crippen molar-refractivity contribution in [1.82, 2.24) is 14.9 Å². The van der Waals surface area contributed by atoms with Crippen LogP contribution >= 0.6 is 0 Å². The molecule has 2 aromatic rings. The lowest BCUT2D eigenvalue weighted by atomic mass is 9.88. The van der Waals surface area contributed by atoms with Gasteiger partial charge in [0.2, 0.25) is 0 Å². The molecule has 25 heavy (non-hydrogen) atoms. The van der Waals surface area contributed by atoms with Crippen molar-refractivity contribution < 1.29 is 9.60 Å². The number of nitrogens with one attached hydrogen (secondary N) is 1. The van der Waals surface area contributed by atoms with Crippen molar-refractivity contribution in [1.29, 1.82) is 0 Å². The van der Waals surface area contributed by atoms with Gasteiger partial charge in [0.05, 0.1) is 5.71 Å². The van der Waals surface area contributed by atoms with Crippen LogP contribution in [0.25, 0.3) is 0 Å². The number of benzene rings is 1. The predicted molar refractivity (Wildman–Crippen MR) is 92.2 cm³/mol. The van der Waals surface area contributed by atoms with E-state index in [1.54, 1.807) is 24.4 Å². The Balaban J connectivity index is 1.58. The molecule has 1 aliphatic rings. The summed E-state index contributed by atoms with van der Waals surface area (Å²) in [6.07, 6.45) is 5.02. The average molecular weight is 344 g/mol. The van der Waals surface area contributed by atoms with E-state index in [2.05, 4.69) is 20.0 Å². The maximum atomic E-state index is 13.8. The quantitative estimate of drug-likeness (QED) is 0.495. The molecule has 6 nitrogen and oxygen atoms in total. The Labute approximate surface area is 145 Å². The Bertz CT molecular complexity index is 797. The number of hydrogen-bond donors (Lipinski definition) is 2. The Morgan fingerprint density at radius 2 is 2.12 bits per heavy atom. The highest BCUT2D eigenvalue weighted by Gasteiger charge is 2.25. The molecular formula is C18H21FN4O2. The summed E-state index contributed by atoms with van der Waals surface area (Å²) in [4.78, 5) is 20.6. The minimum Gasteiger partial charge on any atom is -0.411 e. The van der Waals surface area contributed by atoms with Gasteiger partial charge >= 0.3 is 0 Å². The zero-order valence-electron chi connectivity index (χ0n) is 13.9. The fourth-order valence-corrected chi connectivity index (χ4v) is 3.23. The van der Waals surface area contributed by atoms with Crippen molar-refractivity contribution in [2.75, 3.05) is 13.1 Å². The fraction of sp³-hybridized carbons (Fsp3) is 0.389. The van der Waals surface area contributed by atoms with Gasteiger partial charge in [-0.25, -0.2) is 4.39 Å². The van der Waals surface area contributed by atoms with E-state index in [0.29, 0.717) is 29.9 Å². The van der Waals surface area contributed by atoms with Gasteiger partial charge in [0.1, 0.15) is 11.5 Å². The van der Waals surface area contributed by atoms with E-state index >= 15 is 0 Å². The standard InChI is InChI=1S/C18H21FN4O2/c19-15-4-2-1-3-14(15)11-16(22-25)13-5-9-23(10-6-13)12-17-18(24)21-8-7-20-17/h1-4,7-8,13,25H,5-6,9-12H2,(H,21,24)/b22-16+. The van der Waals surface area contributed by atoms with Crippen LogP contribution in [0.2, 0.25) is 0 Å². The van der Waals surface area contributed by atoms with Gasteiger partial charge < -0.3 is 10.2 Å². The van der Waals surface area contributed by atoms with E-state index in [-0.39, 0.29) is 17.3 Å². The summed E-state index contributed by atoms with van der Waals surface area (Å²) in [5.74, 6) is -0.168. The molecule has 0 spiro atoms. The summed E-state index contributed by atoms with van der Waals surface area (Å²) in [5, 5.41) is 12.8. The second-order valence-electron chi connectivity index (χ2n) is 6.27. The summed E-state index contributed by atoms with van der Waals surface area (Å²) in [5.41, 5.74) is 1.49. The summed E-state index contributed by atoms with van der Waals surface area (Å²) in [6, 6.07) is 6.55. The highest BCUT2D eigenvalue weighted by Crippen LogP contribution is 2.22. The first-order valence-corrected chi connectivity index (χ1v) is 8.36. The van der Waals surface area contributed by atoms with Gasteiger partial charge in [0, 0.05) is 31.3 Å². The van der Waals surface area contributed by atoms with Gasteiger partial charge in [0.25, 0.3) is 5.56 Å². The SMILES string of the molecule is O=c1[nH]ccnc1CN1CCC(/C(Cc2ccccc2F)=N/O)CC1. The molecule has 1 fully saturated rings. The molecule has 0 amide bonds. The highest BCUT2D eigenvalue weighted by molar-refractivity contribution is 5.88. The number of aromatic nitrogens is 2. The van der Waals surface area contributed by atoms with E-state index in [4.69, 9.17) is 0 Å².